The minimum Gasteiger partial charge on any atom is -0.364 e. The number of anilines is 1. The molecular formula is C9H7F3N2OS. The van der Waals surface area contributed by atoms with Crippen LogP contribution in [-0.2, 0) is 11.0 Å². The molecule has 7 heteroatoms. The van der Waals surface area contributed by atoms with Gasteiger partial charge in [-0.2, -0.15) is 13.2 Å². The van der Waals surface area contributed by atoms with E-state index in [2.05, 4.69) is 17.5 Å². The van der Waals surface area contributed by atoms with Crippen molar-refractivity contribution >= 4 is 28.8 Å². The van der Waals surface area contributed by atoms with E-state index in [1.54, 1.807) is 0 Å². The number of carbonyl (C=O) groups excluding carboxylic acids is 1. The van der Waals surface area contributed by atoms with Crippen LogP contribution in [0.15, 0.2) is 24.3 Å². The maximum absolute atomic E-state index is 12.5. The lowest BCUT2D eigenvalue weighted by atomic mass is 10.1. The lowest BCUT2D eigenvalue weighted by Gasteiger charge is -2.13. The highest BCUT2D eigenvalue weighted by Crippen LogP contribution is 2.34. The van der Waals surface area contributed by atoms with Gasteiger partial charge in [-0.05, 0) is 12.1 Å². The molecule has 3 nitrogen and oxygen atoms in total. The van der Waals surface area contributed by atoms with Gasteiger partial charge in [-0.15, -0.1) is 0 Å². The predicted octanol–water partition coefficient (Wildman–Crippen LogP) is 1.93. The van der Waals surface area contributed by atoms with Gasteiger partial charge in [-0.1, -0.05) is 24.4 Å². The van der Waals surface area contributed by atoms with E-state index >= 15 is 0 Å². The Bertz CT molecular complexity index is 431. The van der Waals surface area contributed by atoms with Gasteiger partial charge in [0.2, 0.25) is 0 Å². The van der Waals surface area contributed by atoms with Crippen molar-refractivity contribution in [1.29, 1.82) is 0 Å². The summed E-state index contributed by atoms with van der Waals surface area (Å²) in [6.45, 7) is 0. The first-order chi connectivity index (χ1) is 7.32. The fraction of sp³-hybridized carbons (Fsp3) is 0.111. The molecule has 1 aromatic rings. The van der Waals surface area contributed by atoms with Gasteiger partial charge in [0.1, 0.15) is 0 Å². The van der Waals surface area contributed by atoms with E-state index in [-0.39, 0.29) is 5.69 Å². The van der Waals surface area contributed by atoms with Crippen molar-refractivity contribution in [2.24, 2.45) is 5.73 Å². The molecule has 1 amide bonds. The normalized spacial score (nSPS) is 10.9. The standard InChI is InChI=1S/C9H7F3N2OS/c10-9(11,12)5-3-1-2-4-6(5)14-8(16)7(13)15/h1-4H,(H2,13,15)(H,14,16). The highest BCUT2D eigenvalue weighted by atomic mass is 32.1. The number of para-hydroxylation sites is 1. The van der Waals surface area contributed by atoms with Crippen LogP contribution in [0.25, 0.3) is 0 Å². The molecule has 0 fully saturated rings. The van der Waals surface area contributed by atoms with Gasteiger partial charge in [-0.25, -0.2) is 0 Å². The van der Waals surface area contributed by atoms with Gasteiger partial charge in [0.05, 0.1) is 11.3 Å². The number of primary amides is 1. The van der Waals surface area contributed by atoms with Gasteiger partial charge >= 0.3 is 6.18 Å². The average Bonchev–Trinajstić information content (AvgIpc) is 2.16. The van der Waals surface area contributed by atoms with Gasteiger partial charge in [0.25, 0.3) is 5.91 Å². The van der Waals surface area contributed by atoms with Crippen LogP contribution in [0, 0.1) is 0 Å². The molecule has 0 atom stereocenters. The summed E-state index contributed by atoms with van der Waals surface area (Å²) in [5, 5.41) is 2.15. The summed E-state index contributed by atoms with van der Waals surface area (Å²) in [5.74, 6) is -0.980. The number of amides is 1. The topological polar surface area (TPSA) is 55.1 Å². The monoisotopic (exact) mass is 248 g/mol. The summed E-state index contributed by atoms with van der Waals surface area (Å²) < 4.78 is 37.5. The van der Waals surface area contributed by atoms with Crippen LogP contribution < -0.4 is 11.1 Å². The molecule has 3 N–H and O–H groups in total. The molecule has 16 heavy (non-hydrogen) atoms. The Hall–Kier alpha value is -1.63. The van der Waals surface area contributed by atoms with E-state index in [0.717, 1.165) is 12.1 Å². The Kier molecular flexibility index (Phi) is 3.48. The molecule has 0 bridgehead atoms. The maximum Gasteiger partial charge on any atom is 0.418 e. The Labute approximate surface area is 94.4 Å². The minimum absolute atomic E-state index is 0.293. The molecule has 0 aliphatic carbocycles. The second kappa shape index (κ2) is 4.48. The number of rotatable bonds is 1. The van der Waals surface area contributed by atoms with Crippen molar-refractivity contribution < 1.29 is 18.0 Å². The van der Waals surface area contributed by atoms with Crippen molar-refractivity contribution in [1.82, 2.24) is 0 Å². The summed E-state index contributed by atoms with van der Waals surface area (Å²) in [6, 6.07) is 4.67. The summed E-state index contributed by atoms with van der Waals surface area (Å²) in [4.78, 5) is 10.1. The summed E-state index contributed by atoms with van der Waals surface area (Å²) in [7, 11) is 0. The van der Waals surface area contributed by atoms with Crippen LogP contribution in [0.3, 0.4) is 0 Å². The summed E-state index contributed by atoms with van der Waals surface area (Å²) >= 11 is 4.49. The van der Waals surface area contributed by atoms with E-state index in [0.29, 0.717) is 0 Å². The number of nitrogens with one attached hydrogen (secondary N) is 1. The predicted molar refractivity (Wildman–Crippen MR) is 56.9 cm³/mol. The lowest BCUT2D eigenvalue weighted by molar-refractivity contribution is -0.137. The number of carbonyl (C=O) groups is 1. The molecule has 0 unspecified atom stereocenters. The van der Waals surface area contributed by atoms with Crippen molar-refractivity contribution in [3.63, 3.8) is 0 Å². The first kappa shape index (κ1) is 12.4. The number of halogens is 3. The Morgan fingerprint density at radius 3 is 2.38 bits per heavy atom. The van der Waals surface area contributed by atoms with Crippen LogP contribution in [0.5, 0.6) is 0 Å². The van der Waals surface area contributed by atoms with E-state index in [9.17, 15) is 18.0 Å². The van der Waals surface area contributed by atoms with Crippen LogP contribution in [0.4, 0.5) is 18.9 Å². The summed E-state index contributed by atoms with van der Waals surface area (Å²) in [6.07, 6.45) is -4.52. The molecule has 0 aromatic heterocycles. The van der Waals surface area contributed by atoms with Crippen molar-refractivity contribution in [2.75, 3.05) is 5.32 Å². The third kappa shape index (κ3) is 2.93. The lowest BCUT2D eigenvalue weighted by Crippen LogP contribution is -2.28. The Morgan fingerprint density at radius 2 is 1.88 bits per heavy atom. The van der Waals surface area contributed by atoms with Crippen LogP contribution in [0.1, 0.15) is 5.56 Å². The number of nitrogens with two attached hydrogens (primary N) is 1. The van der Waals surface area contributed by atoms with Gasteiger partial charge in [0, 0.05) is 0 Å². The van der Waals surface area contributed by atoms with Gasteiger partial charge < -0.3 is 11.1 Å². The molecule has 0 aliphatic rings. The third-order valence-corrected chi connectivity index (χ3v) is 2.01. The number of alkyl halides is 3. The smallest absolute Gasteiger partial charge is 0.364 e. The SMILES string of the molecule is NC(=O)C(=S)Nc1ccccc1C(F)(F)F. The molecule has 0 spiro atoms. The number of thiocarbonyl (C=S) groups is 1. The van der Waals surface area contributed by atoms with Crippen LogP contribution >= 0.6 is 12.2 Å². The van der Waals surface area contributed by atoms with Gasteiger partial charge in [0.15, 0.2) is 4.99 Å². The molecule has 0 radical (unpaired) electrons. The van der Waals surface area contributed by atoms with E-state index in [1.807, 2.05) is 0 Å². The zero-order valence-corrected chi connectivity index (χ0v) is 8.65. The zero-order valence-electron chi connectivity index (χ0n) is 7.84. The average molecular weight is 248 g/mol. The highest BCUT2D eigenvalue weighted by molar-refractivity contribution is 7.82. The van der Waals surface area contributed by atoms with Crippen LogP contribution in [-0.4, -0.2) is 10.9 Å². The molecule has 1 rings (SSSR count). The molecule has 0 aliphatic heterocycles. The maximum atomic E-state index is 12.5. The zero-order chi connectivity index (χ0) is 12.3. The second-order valence-electron chi connectivity index (χ2n) is 2.86. The second-order valence-corrected chi connectivity index (χ2v) is 3.27. The Balaban J connectivity index is 3.05. The summed E-state index contributed by atoms with van der Waals surface area (Å²) in [5.41, 5.74) is 3.62. The minimum atomic E-state index is -4.52. The van der Waals surface area contributed by atoms with E-state index < -0.39 is 22.6 Å². The first-order valence-electron chi connectivity index (χ1n) is 4.09. The van der Waals surface area contributed by atoms with Gasteiger partial charge in [-0.3, -0.25) is 4.79 Å². The van der Waals surface area contributed by atoms with Crippen molar-refractivity contribution in [3.8, 4) is 0 Å². The molecule has 0 heterocycles. The highest BCUT2D eigenvalue weighted by Gasteiger charge is 2.33. The number of benzene rings is 1. The fourth-order valence-electron chi connectivity index (χ4n) is 1.02. The number of hydrogen-bond donors (Lipinski definition) is 2. The van der Waals surface area contributed by atoms with Crippen LogP contribution in [0.2, 0.25) is 0 Å². The quantitative estimate of drug-likeness (QED) is 0.747. The third-order valence-electron chi connectivity index (χ3n) is 1.70. The molecule has 1 aromatic carbocycles. The van der Waals surface area contributed by atoms with E-state index in [1.165, 1.54) is 12.1 Å². The molecule has 0 saturated heterocycles. The van der Waals surface area contributed by atoms with Crippen molar-refractivity contribution in [2.45, 2.75) is 6.18 Å². The van der Waals surface area contributed by atoms with Crippen molar-refractivity contribution in [3.05, 3.63) is 29.8 Å². The molecule has 0 saturated carbocycles. The number of hydrogen-bond acceptors (Lipinski definition) is 2. The van der Waals surface area contributed by atoms with E-state index in [4.69, 9.17) is 5.73 Å². The largest absolute Gasteiger partial charge is 0.418 e. The molecular weight excluding hydrogens is 241 g/mol. The Morgan fingerprint density at radius 1 is 1.31 bits per heavy atom. The molecule has 86 valence electrons. The fourth-order valence-corrected chi connectivity index (χ4v) is 1.13. The first-order valence-corrected chi connectivity index (χ1v) is 4.50.